The normalized spacial score (nSPS) is 11.5. The summed E-state index contributed by atoms with van der Waals surface area (Å²) in [5.74, 6) is -0.354. The van der Waals surface area contributed by atoms with Crippen LogP contribution in [0.2, 0.25) is 0 Å². The van der Waals surface area contributed by atoms with Crippen LogP contribution in [-0.4, -0.2) is 20.1 Å². The second kappa shape index (κ2) is 6.80. The minimum atomic E-state index is -3.72. The molecule has 2 aromatic carbocycles. The van der Waals surface area contributed by atoms with Crippen molar-refractivity contribution in [3.8, 4) is 0 Å². The lowest BCUT2D eigenvalue weighted by Crippen LogP contribution is -2.27. The number of hydrogen-bond acceptors (Lipinski definition) is 3. The third kappa shape index (κ3) is 3.87. The standard InChI is InChI=1S/C15H16FNO3S/c16-14-7-3-1-5-12(14)9-10-17-21(19,20)15-8-4-2-6-13(15)11-18/h1-8,17-18H,9-11H2. The summed E-state index contributed by atoms with van der Waals surface area (Å²) in [6.07, 6.45) is 0.257. The van der Waals surface area contributed by atoms with Gasteiger partial charge in [0.25, 0.3) is 0 Å². The van der Waals surface area contributed by atoms with Crippen molar-refractivity contribution < 1.29 is 17.9 Å². The largest absolute Gasteiger partial charge is 0.392 e. The van der Waals surface area contributed by atoms with Crippen LogP contribution < -0.4 is 4.72 Å². The van der Waals surface area contributed by atoms with Gasteiger partial charge < -0.3 is 5.11 Å². The van der Waals surface area contributed by atoms with Crippen LogP contribution >= 0.6 is 0 Å². The lowest BCUT2D eigenvalue weighted by molar-refractivity contribution is 0.278. The van der Waals surface area contributed by atoms with Crippen molar-refractivity contribution in [1.29, 1.82) is 0 Å². The van der Waals surface area contributed by atoms with Crippen molar-refractivity contribution >= 4 is 10.0 Å². The zero-order chi connectivity index (χ0) is 15.3. The molecule has 0 radical (unpaired) electrons. The average Bonchev–Trinajstić information content (AvgIpc) is 2.49. The second-order valence-electron chi connectivity index (χ2n) is 4.51. The average molecular weight is 309 g/mol. The van der Waals surface area contributed by atoms with Crippen LogP contribution in [0, 0.1) is 5.82 Å². The van der Waals surface area contributed by atoms with Crippen molar-refractivity contribution in [2.45, 2.75) is 17.9 Å². The van der Waals surface area contributed by atoms with Crippen LogP contribution in [-0.2, 0) is 23.1 Å². The highest BCUT2D eigenvalue weighted by atomic mass is 32.2. The Morgan fingerprint density at radius 2 is 1.62 bits per heavy atom. The first-order valence-electron chi connectivity index (χ1n) is 6.46. The molecule has 21 heavy (non-hydrogen) atoms. The van der Waals surface area contributed by atoms with E-state index in [1.807, 2.05) is 0 Å². The molecule has 0 saturated heterocycles. The first-order chi connectivity index (χ1) is 10.0. The van der Waals surface area contributed by atoms with E-state index in [9.17, 15) is 17.9 Å². The van der Waals surface area contributed by atoms with Crippen molar-refractivity contribution in [2.75, 3.05) is 6.54 Å². The Hall–Kier alpha value is -1.76. The van der Waals surface area contributed by atoms with Crippen LogP contribution in [0.4, 0.5) is 4.39 Å². The highest BCUT2D eigenvalue weighted by Gasteiger charge is 2.17. The molecule has 0 spiro atoms. The molecule has 0 fully saturated rings. The number of aliphatic hydroxyl groups is 1. The van der Waals surface area contributed by atoms with Gasteiger partial charge in [-0.15, -0.1) is 0 Å². The molecule has 2 aromatic rings. The van der Waals surface area contributed by atoms with Gasteiger partial charge in [0.05, 0.1) is 11.5 Å². The summed E-state index contributed by atoms with van der Waals surface area (Å²) in [6, 6.07) is 12.5. The Morgan fingerprint density at radius 3 is 2.29 bits per heavy atom. The Kier molecular flexibility index (Phi) is 5.06. The summed E-state index contributed by atoms with van der Waals surface area (Å²) in [6.45, 7) is -0.270. The van der Waals surface area contributed by atoms with E-state index in [1.54, 1.807) is 36.4 Å². The third-order valence-electron chi connectivity index (χ3n) is 3.08. The van der Waals surface area contributed by atoms with Gasteiger partial charge in [0.15, 0.2) is 0 Å². The number of nitrogens with one attached hydrogen (secondary N) is 1. The Morgan fingerprint density at radius 1 is 1.00 bits per heavy atom. The molecular weight excluding hydrogens is 293 g/mol. The zero-order valence-electron chi connectivity index (χ0n) is 11.3. The highest BCUT2D eigenvalue weighted by Crippen LogP contribution is 2.15. The van der Waals surface area contributed by atoms with Crippen molar-refractivity contribution in [3.63, 3.8) is 0 Å². The molecule has 0 heterocycles. The lowest BCUT2D eigenvalue weighted by atomic mass is 10.1. The monoisotopic (exact) mass is 309 g/mol. The summed E-state index contributed by atoms with van der Waals surface area (Å²) in [4.78, 5) is 0.0426. The van der Waals surface area contributed by atoms with Gasteiger partial charge in [0, 0.05) is 6.54 Å². The highest BCUT2D eigenvalue weighted by molar-refractivity contribution is 7.89. The Balaban J connectivity index is 2.07. The van der Waals surface area contributed by atoms with Gasteiger partial charge in [0.2, 0.25) is 10.0 Å². The van der Waals surface area contributed by atoms with E-state index in [0.717, 1.165) is 0 Å². The second-order valence-corrected chi connectivity index (χ2v) is 6.24. The van der Waals surface area contributed by atoms with E-state index < -0.39 is 10.0 Å². The molecule has 0 saturated carbocycles. The third-order valence-corrected chi connectivity index (χ3v) is 4.64. The van der Waals surface area contributed by atoms with Crippen LogP contribution in [0.3, 0.4) is 0 Å². The minimum Gasteiger partial charge on any atom is -0.392 e. The summed E-state index contributed by atoms with van der Waals surface area (Å²) < 4.78 is 40.2. The number of hydrogen-bond donors (Lipinski definition) is 2. The molecule has 2 rings (SSSR count). The summed E-state index contributed by atoms with van der Waals surface area (Å²) >= 11 is 0. The van der Waals surface area contributed by atoms with Gasteiger partial charge in [-0.2, -0.15) is 0 Å². The molecule has 112 valence electrons. The van der Waals surface area contributed by atoms with Gasteiger partial charge in [-0.25, -0.2) is 17.5 Å². The topological polar surface area (TPSA) is 66.4 Å². The van der Waals surface area contributed by atoms with Crippen LogP contribution in [0.25, 0.3) is 0 Å². The maximum atomic E-state index is 13.4. The minimum absolute atomic E-state index is 0.0426. The summed E-state index contributed by atoms with van der Waals surface area (Å²) in [5.41, 5.74) is 0.784. The van der Waals surface area contributed by atoms with E-state index in [0.29, 0.717) is 11.1 Å². The SMILES string of the molecule is O=S(=O)(NCCc1ccccc1F)c1ccccc1CO. The predicted octanol–water partition coefficient (Wildman–Crippen LogP) is 1.84. The fraction of sp³-hybridized carbons (Fsp3) is 0.200. The number of rotatable bonds is 6. The lowest BCUT2D eigenvalue weighted by Gasteiger charge is -2.10. The fourth-order valence-electron chi connectivity index (χ4n) is 2.00. The van der Waals surface area contributed by atoms with E-state index >= 15 is 0 Å². The van der Waals surface area contributed by atoms with Crippen LogP contribution in [0.15, 0.2) is 53.4 Å². The molecule has 0 amide bonds. The Labute approximate surface area is 123 Å². The van der Waals surface area contributed by atoms with Gasteiger partial charge in [0.1, 0.15) is 5.82 Å². The van der Waals surface area contributed by atoms with Gasteiger partial charge in [-0.3, -0.25) is 0 Å². The molecule has 4 nitrogen and oxygen atoms in total. The maximum Gasteiger partial charge on any atom is 0.240 e. The molecule has 2 N–H and O–H groups in total. The molecular formula is C15H16FNO3S. The Bertz CT molecular complexity index is 716. The number of benzene rings is 2. The van der Waals surface area contributed by atoms with Crippen molar-refractivity contribution in [2.24, 2.45) is 0 Å². The molecule has 0 atom stereocenters. The molecule has 0 bridgehead atoms. The number of halogens is 1. The number of aliphatic hydroxyl groups excluding tert-OH is 1. The predicted molar refractivity (Wildman–Crippen MR) is 77.7 cm³/mol. The maximum absolute atomic E-state index is 13.4. The fourth-order valence-corrected chi connectivity index (χ4v) is 3.26. The summed E-state index contributed by atoms with van der Waals surface area (Å²) in [5, 5.41) is 9.18. The first-order valence-corrected chi connectivity index (χ1v) is 7.95. The van der Waals surface area contributed by atoms with Gasteiger partial charge in [-0.1, -0.05) is 36.4 Å². The van der Waals surface area contributed by atoms with Crippen molar-refractivity contribution in [3.05, 3.63) is 65.5 Å². The zero-order valence-corrected chi connectivity index (χ0v) is 12.1. The molecule has 0 aromatic heterocycles. The summed E-state index contributed by atoms with van der Waals surface area (Å²) in [7, 11) is -3.72. The first kappa shape index (κ1) is 15.6. The molecule has 0 aliphatic heterocycles. The molecule has 0 aliphatic carbocycles. The van der Waals surface area contributed by atoms with Gasteiger partial charge >= 0.3 is 0 Å². The smallest absolute Gasteiger partial charge is 0.240 e. The number of sulfonamides is 1. The van der Waals surface area contributed by atoms with E-state index in [4.69, 9.17) is 0 Å². The van der Waals surface area contributed by atoms with E-state index in [-0.39, 0.29) is 30.3 Å². The molecule has 6 heteroatoms. The quantitative estimate of drug-likeness (QED) is 0.855. The van der Waals surface area contributed by atoms with E-state index in [2.05, 4.69) is 4.72 Å². The van der Waals surface area contributed by atoms with Crippen LogP contribution in [0.5, 0.6) is 0 Å². The van der Waals surface area contributed by atoms with E-state index in [1.165, 1.54) is 12.1 Å². The van der Waals surface area contributed by atoms with Crippen LogP contribution in [0.1, 0.15) is 11.1 Å². The molecule has 0 aliphatic rings. The molecule has 0 unspecified atom stereocenters. The van der Waals surface area contributed by atoms with Crippen molar-refractivity contribution in [1.82, 2.24) is 4.72 Å². The van der Waals surface area contributed by atoms with Gasteiger partial charge in [-0.05, 0) is 29.7 Å².